The molecule has 4 aromatic rings. The van der Waals surface area contributed by atoms with E-state index >= 15 is 0 Å². The van der Waals surface area contributed by atoms with Crippen LogP contribution in [0.25, 0.3) is 20.8 Å². The molecule has 0 unspecified atom stereocenters. The van der Waals surface area contributed by atoms with Gasteiger partial charge < -0.3 is 20.3 Å². The van der Waals surface area contributed by atoms with Gasteiger partial charge in [-0.15, -0.1) is 11.3 Å². The molecule has 0 saturated heterocycles. The minimum atomic E-state index is -0.183. The van der Waals surface area contributed by atoms with Crippen LogP contribution in [-0.2, 0) is 0 Å². The minimum absolute atomic E-state index is 0. The van der Waals surface area contributed by atoms with Gasteiger partial charge in [0.2, 0.25) is 0 Å². The summed E-state index contributed by atoms with van der Waals surface area (Å²) in [6.45, 7) is 2.09. The molecule has 0 atom stereocenters. The minimum Gasteiger partial charge on any atom is -0.493 e. The van der Waals surface area contributed by atoms with E-state index in [1.807, 2.05) is 24.3 Å². The lowest BCUT2D eigenvalue weighted by Gasteiger charge is -2.16. The second kappa shape index (κ2) is 10.2. The fraction of sp³-hybridized carbons (Fsp3) is 0.259. The topological polar surface area (TPSA) is 92.0 Å². The first-order valence-corrected chi connectivity index (χ1v) is 12.0. The Hall–Kier alpha value is -3.42. The van der Waals surface area contributed by atoms with Crippen LogP contribution in [-0.4, -0.2) is 29.6 Å². The van der Waals surface area contributed by atoms with Crippen molar-refractivity contribution in [2.24, 2.45) is 0 Å². The SMILES string of the molecule is COc1ccc(C(=O)Nc2ccc(-c3nc4ccc(C)cc4s3)cc2)cc1OC1CCCC1.O. The van der Waals surface area contributed by atoms with Crippen LogP contribution in [0.2, 0.25) is 0 Å². The maximum atomic E-state index is 12.9. The zero-order valence-corrected chi connectivity index (χ0v) is 20.1. The number of ether oxygens (including phenoxy) is 2. The summed E-state index contributed by atoms with van der Waals surface area (Å²) in [7, 11) is 1.62. The average Bonchev–Trinajstić information content (AvgIpc) is 3.49. The number of anilines is 1. The molecule has 6 nitrogen and oxygen atoms in total. The summed E-state index contributed by atoms with van der Waals surface area (Å²) in [5.41, 5.74) is 4.53. The second-order valence-electron chi connectivity index (χ2n) is 8.41. The summed E-state index contributed by atoms with van der Waals surface area (Å²) < 4.78 is 12.7. The largest absolute Gasteiger partial charge is 0.493 e. The molecular formula is C27H28N2O4S. The maximum Gasteiger partial charge on any atom is 0.255 e. The summed E-state index contributed by atoms with van der Waals surface area (Å²) in [6, 6.07) is 19.4. The molecule has 0 bridgehead atoms. The first kappa shape index (κ1) is 23.7. The average molecular weight is 477 g/mol. The van der Waals surface area contributed by atoms with Crippen LogP contribution in [0, 0.1) is 6.92 Å². The molecule has 0 spiro atoms. The van der Waals surface area contributed by atoms with Gasteiger partial charge in [0.1, 0.15) is 5.01 Å². The Morgan fingerprint density at radius 1 is 1.00 bits per heavy atom. The van der Waals surface area contributed by atoms with E-state index in [1.165, 1.54) is 23.1 Å². The highest BCUT2D eigenvalue weighted by molar-refractivity contribution is 7.21. The molecule has 1 aliphatic carbocycles. The van der Waals surface area contributed by atoms with Gasteiger partial charge >= 0.3 is 0 Å². The summed E-state index contributed by atoms with van der Waals surface area (Å²) in [5.74, 6) is 1.09. The number of nitrogens with one attached hydrogen (secondary N) is 1. The Labute approximate surface area is 202 Å². The Morgan fingerprint density at radius 3 is 2.50 bits per heavy atom. The zero-order chi connectivity index (χ0) is 22.8. The molecule has 0 aliphatic heterocycles. The number of hydrogen-bond donors (Lipinski definition) is 1. The summed E-state index contributed by atoms with van der Waals surface area (Å²) in [5, 5.41) is 3.95. The molecule has 5 rings (SSSR count). The monoisotopic (exact) mass is 476 g/mol. The summed E-state index contributed by atoms with van der Waals surface area (Å²) >= 11 is 1.67. The molecule has 1 amide bonds. The van der Waals surface area contributed by atoms with Crippen LogP contribution in [0.5, 0.6) is 11.5 Å². The number of nitrogens with zero attached hydrogens (tertiary/aromatic N) is 1. The van der Waals surface area contributed by atoms with Crippen molar-refractivity contribution in [3.05, 3.63) is 71.8 Å². The van der Waals surface area contributed by atoms with Gasteiger partial charge in [-0.25, -0.2) is 4.98 Å². The molecular weight excluding hydrogens is 448 g/mol. The van der Waals surface area contributed by atoms with Gasteiger partial charge in [-0.1, -0.05) is 6.07 Å². The highest BCUT2D eigenvalue weighted by Crippen LogP contribution is 2.33. The van der Waals surface area contributed by atoms with Gasteiger partial charge in [-0.05, 0) is 92.8 Å². The fourth-order valence-electron chi connectivity index (χ4n) is 4.15. The molecule has 7 heteroatoms. The molecule has 1 saturated carbocycles. The van der Waals surface area contributed by atoms with Crippen molar-refractivity contribution in [2.45, 2.75) is 38.7 Å². The van der Waals surface area contributed by atoms with Crippen LogP contribution in [0.3, 0.4) is 0 Å². The fourth-order valence-corrected chi connectivity index (χ4v) is 5.22. The van der Waals surface area contributed by atoms with Crippen molar-refractivity contribution < 1.29 is 19.7 Å². The standard InChI is InChI=1S/C27H26N2O3S.H2O/c1-17-7-13-22-25(15-17)33-27(29-22)18-8-11-20(12-9-18)28-26(30)19-10-14-23(31-2)24(16-19)32-21-5-3-4-6-21;/h7-16,21H,3-6H2,1-2H3,(H,28,30);1H2. The predicted molar refractivity (Wildman–Crippen MR) is 137 cm³/mol. The highest BCUT2D eigenvalue weighted by Gasteiger charge is 2.20. The van der Waals surface area contributed by atoms with E-state index in [0.717, 1.165) is 34.6 Å². The number of thiazole rings is 1. The number of amides is 1. The molecule has 1 heterocycles. The quantitative estimate of drug-likeness (QED) is 0.368. The van der Waals surface area contributed by atoms with Crippen molar-refractivity contribution in [1.82, 2.24) is 4.98 Å². The van der Waals surface area contributed by atoms with Gasteiger partial charge in [-0.3, -0.25) is 4.79 Å². The van der Waals surface area contributed by atoms with Crippen molar-refractivity contribution in [3.8, 4) is 22.1 Å². The van der Waals surface area contributed by atoms with E-state index in [0.29, 0.717) is 17.1 Å². The van der Waals surface area contributed by atoms with Crippen molar-refractivity contribution in [3.63, 3.8) is 0 Å². The number of fused-ring (bicyclic) bond motifs is 1. The number of carbonyl (C=O) groups excluding carboxylic acids is 1. The Bertz CT molecular complexity index is 1290. The lowest BCUT2D eigenvalue weighted by Crippen LogP contribution is -2.14. The molecule has 1 aliphatic rings. The van der Waals surface area contributed by atoms with E-state index in [-0.39, 0.29) is 17.5 Å². The third-order valence-electron chi connectivity index (χ3n) is 5.96. The van der Waals surface area contributed by atoms with Crippen molar-refractivity contribution in [1.29, 1.82) is 0 Å². The summed E-state index contributed by atoms with van der Waals surface area (Å²) in [6.07, 6.45) is 4.64. The number of benzene rings is 3. The molecule has 34 heavy (non-hydrogen) atoms. The number of aryl methyl sites for hydroxylation is 1. The van der Waals surface area contributed by atoms with Crippen molar-refractivity contribution in [2.75, 3.05) is 12.4 Å². The number of aromatic nitrogens is 1. The van der Waals surface area contributed by atoms with Gasteiger partial charge in [0.15, 0.2) is 11.5 Å². The molecule has 3 aromatic carbocycles. The van der Waals surface area contributed by atoms with E-state index in [1.54, 1.807) is 36.6 Å². The molecule has 3 N–H and O–H groups in total. The number of methoxy groups -OCH3 is 1. The Morgan fingerprint density at radius 2 is 1.76 bits per heavy atom. The predicted octanol–water partition coefficient (Wildman–Crippen LogP) is 6.03. The van der Waals surface area contributed by atoms with E-state index in [2.05, 4.69) is 30.4 Å². The molecule has 1 aromatic heterocycles. The smallest absolute Gasteiger partial charge is 0.255 e. The second-order valence-corrected chi connectivity index (χ2v) is 9.44. The molecule has 1 fully saturated rings. The lowest BCUT2D eigenvalue weighted by molar-refractivity contribution is 0.102. The first-order chi connectivity index (χ1) is 16.1. The summed E-state index contributed by atoms with van der Waals surface area (Å²) in [4.78, 5) is 17.6. The van der Waals surface area contributed by atoms with Crippen LogP contribution >= 0.6 is 11.3 Å². The number of rotatable bonds is 6. The van der Waals surface area contributed by atoms with Crippen LogP contribution in [0.15, 0.2) is 60.7 Å². The Balaban J connectivity index is 0.00000274. The zero-order valence-electron chi connectivity index (χ0n) is 19.3. The highest BCUT2D eigenvalue weighted by atomic mass is 32.1. The number of hydrogen-bond acceptors (Lipinski definition) is 5. The molecule has 0 radical (unpaired) electrons. The van der Waals surface area contributed by atoms with Crippen LogP contribution in [0.1, 0.15) is 41.6 Å². The van der Waals surface area contributed by atoms with Crippen molar-refractivity contribution >= 4 is 33.1 Å². The van der Waals surface area contributed by atoms with Crippen LogP contribution < -0.4 is 14.8 Å². The molecule has 176 valence electrons. The normalized spacial score (nSPS) is 13.5. The van der Waals surface area contributed by atoms with E-state index in [4.69, 9.17) is 14.5 Å². The van der Waals surface area contributed by atoms with Gasteiger partial charge in [0.25, 0.3) is 5.91 Å². The Kier molecular flexibility index (Phi) is 7.14. The van der Waals surface area contributed by atoms with Gasteiger partial charge in [0.05, 0.1) is 23.4 Å². The first-order valence-electron chi connectivity index (χ1n) is 11.2. The lowest BCUT2D eigenvalue weighted by atomic mass is 10.1. The third kappa shape index (κ3) is 5.05. The van der Waals surface area contributed by atoms with Gasteiger partial charge in [-0.2, -0.15) is 0 Å². The third-order valence-corrected chi connectivity index (χ3v) is 7.02. The maximum absolute atomic E-state index is 12.9. The van der Waals surface area contributed by atoms with Crippen LogP contribution in [0.4, 0.5) is 5.69 Å². The van der Waals surface area contributed by atoms with E-state index < -0.39 is 0 Å². The van der Waals surface area contributed by atoms with Gasteiger partial charge in [0, 0.05) is 16.8 Å². The number of carbonyl (C=O) groups is 1. The van der Waals surface area contributed by atoms with E-state index in [9.17, 15) is 4.79 Å².